The standard InChI is InChI=1S/C57H38N2/c1-5-17-42(18-6-1)52-38-53(43-19-7-2-8-20-43)59-56(58-52)44-35-31-40(32-36-44)39-29-33-41(34-30-39)50-37-45-21-13-14-26-48(45)55-54(50)49-27-15-16-28-51(49)57(55,46-22-9-3-10-23-46)47-24-11-4-12-25-47/h1-38H. The summed E-state index contributed by atoms with van der Waals surface area (Å²) in [6.45, 7) is 0. The molecule has 276 valence electrons. The molecule has 0 radical (unpaired) electrons. The van der Waals surface area contributed by atoms with Crippen LogP contribution in [0.5, 0.6) is 0 Å². The second kappa shape index (κ2) is 14.4. The molecular weight excluding hydrogens is 713 g/mol. The summed E-state index contributed by atoms with van der Waals surface area (Å²) in [6, 6.07) is 83.0. The second-order valence-corrected chi connectivity index (χ2v) is 15.3. The highest BCUT2D eigenvalue weighted by molar-refractivity contribution is 6.06. The molecule has 0 amide bonds. The van der Waals surface area contributed by atoms with Crippen molar-refractivity contribution in [2.45, 2.75) is 5.41 Å². The molecule has 11 rings (SSSR count). The molecule has 1 aromatic heterocycles. The summed E-state index contributed by atoms with van der Waals surface area (Å²) in [5, 5.41) is 2.51. The maximum Gasteiger partial charge on any atom is 0.160 e. The van der Waals surface area contributed by atoms with Gasteiger partial charge >= 0.3 is 0 Å². The minimum atomic E-state index is -0.488. The second-order valence-electron chi connectivity index (χ2n) is 15.3. The smallest absolute Gasteiger partial charge is 0.160 e. The minimum Gasteiger partial charge on any atom is -0.228 e. The van der Waals surface area contributed by atoms with Crippen LogP contribution in [0.3, 0.4) is 0 Å². The summed E-state index contributed by atoms with van der Waals surface area (Å²) >= 11 is 0. The summed E-state index contributed by atoms with van der Waals surface area (Å²) < 4.78 is 0. The van der Waals surface area contributed by atoms with Gasteiger partial charge in [-0.25, -0.2) is 9.97 Å². The van der Waals surface area contributed by atoms with Gasteiger partial charge in [-0.1, -0.05) is 218 Å². The molecule has 0 bridgehead atoms. The maximum absolute atomic E-state index is 5.05. The van der Waals surface area contributed by atoms with E-state index in [2.05, 4.69) is 194 Å². The Bertz CT molecular complexity index is 3010. The van der Waals surface area contributed by atoms with E-state index in [0.29, 0.717) is 5.82 Å². The number of benzene rings is 9. The maximum atomic E-state index is 5.05. The molecule has 2 heteroatoms. The van der Waals surface area contributed by atoms with E-state index in [-0.39, 0.29) is 0 Å². The molecule has 0 fully saturated rings. The SMILES string of the molecule is c1ccc(-c2cc(-c3ccccc3)nc(-c3ccc(-c4ccc(-c5cc6ccccc6c6c5-c5ccccc5C6(c5ccccc5)c5ccccc5)cc4)cc3)n2)cc1. The van der Waals surface area contributed by atoms with Crippen LogP contribution in [0.25, 0.3) is 78.1 Å². The van der Waals surface area contributed by atoms with E-state index >= 15 is 0 Å². The highest BCUT2D eigenvalue weighted by atomic mass is 14.9. The number of hydrogen-bond donors (Lipinski definition) is 0. The number of rotatable bonds is 7. The normalized spacial score (nSPS) is 12.5. The molecule has 0 aliphatic heterocycles. The van der Waals surface area contributed by atoms with Gasteiger partial charge in [-0.2, -0.15) is 0 Å². The van der Waals surface area contributed by atoms with Crippen molar-refractivity contribution in [1.82, 2.24) is 9.97 Å². The van der Waals surface area contributed by atoms with Gasteiger partial charge in [0.1, 0.15) is 0 Å². The van der Waals surface area contributed by atoms with Crippen LogP contribution in [0, 0.1) is 0 Å². The molecular formula is C57H38N2. The zero-order valence-electron chi connectivity index (χ0n) is 32.3. The summed E-state index contributed by atoms with van der Waals surface area (Å²) in [5.41, 5.74) is 17.0. The van der Waals surface area contributed by atoms with Crippen LogP contribution in [0.15, 0.2) is 231 Å². The predicted octanol–water partition coefficient (Wildman–Crippen LogP) is 14.3. The lowest BCUT2D eigenvalue weighted by molar-refractivity contribution is 0.775. The van der Waals surface area contributed by atoms with Crippen molar-refractivity contribution in [1.29, 1.82) is 0 Å². The van der Waals surface area contributed by atoms with E-state index in [4.69, 9.17) is 9.97 Å². The Morgan fingerprint density at radius 2 is 0.780 bits per heavy atom. The molecule has 0 spiro atoms. The van der Waals surface area contributed by atoms with Crippen LogP contribution in [0.2, 0.25) is 0 Å². The fourth-order valence-electron chi connectivity index (χ4n) is 9.29. The molecule has 9 aromatic carbocycles. The van der Waals surface area contributed by atoms with E-state index in [9.17, 15) is 0 Å². The van der Waals surface area contributed by atoms with E-state index in [1.165, 1.54) is 55.3 Å². The summed E-state index contributed by atoms with van der Waals surface area (Å²) in [4.78, 5) is 10.1. The van der Waals surface area contributed by atoms with Gasteiger partial charge in [-0.05, 0) is 78.5 Å². The molecule has 10 aromatic rings. The van der Waals surface area contributed by atoms with E-state index < -0.39 is 5.41 Å². The molecule has 2 nitrogen and oxygen atoms in total. The fraction of sp³-hybridized carbons (Fsp3) is 0.0175. The predicted molar refractivity (Wildman–Crippen MR) is 244 cm³/mol. The quantitative estimate of drug-likeness (QED) is 0.162. The van der Waals surface area contributed by atoms with Crippen molar-refractivity contribution < 1.29 is 0 Å². The van der Waals surface area contributed by atoms with Crippen LogP contribution < -0.4 is 0 Å². The molecule has 59 heavy (non-hydrogen) atoms. The first-order valence-electron chi connectivity index (χ1n) is 20.2. The van der Waals surface area contributed by atoms with E-state index in [1.807, 2.05) is 36.4 Å². The third-order valence-corrected chi connectivity index (χ3v) is 12.0. The third kappa shape index (κ3) is 5.80. The van der Waals surface area contributed by atoms with Gasteiger partial charge in [0.05, 0.1) is 16.8 Å². The van der Waals surface area contributed by atoms with Crippen LogP contribution in [-0.4, -0.2) is 9.97 Å². The lowest BCUT2D eigenvalue weighted by atomic mass is 9.66. The molecule has 1 heterocycles. The topological polar surface area (TPSA) is 25.8 Å². The number of hydrogen-bond acceptors (Lipinski definition) is 2. The third-order valence-electron chi connectivity index (χ3n) is 12.0. The van der Waals surface area contributed by atoms with Crippen molar-refractivity contribution in [3.05, 3.63) is 253 Å². The van der Waals surface area contributed by atoms with Crippen LogP contribution in [0.4, 0.5) is 0 Å². The Balaban J connectivity index is 1.02. The molecule has 0 N–H and O–H groups in total. The van der Waals surface area contributed by atoms with Crippen molar-refractivity contribution >= 4 is 10.8 Å². The molecule has 0 saturated carbocycles. The van der Waals surface area contributed by atoms with Gasteiger partial charge in [0, 0.05) is 16.7 Å². The van der Waals surface area contributed by atoms with Crippen LogP contribution in [0.1, 0.15) is 22.3 Å². The first-order valence-corrected chi connectivity index (χ1v) is 20.2. The van der Waals surface area contributed by atoms with Crippen molar-refractivity contribution in [3.63, 3.8) is 0 Å². The lowest BCUT2D eigenvalue weighted by Crippen LogP contribution is -2.28. The van der Waals surface area contributed by atoms with Gasteiger partial charge in [-0.3, -0.25) is 0 Å². The molecule has 0 saturated heterocycles. The van der Waals surface area contributed by atoms with Gasteiger partial charge in [-0.15, -0.1) is 0 Å². The van der Waals surface area contributed by atoms with Gasteiger partial charge < -0.3 is 0 Å². The van der Waals surface area contributed by atoms with Crippen LogP contribution in [-0.2, 0) is 5.41 Å². The van der Waals surface area contributed by atoms with Crippen molar-refractivity contribution in [3.8, 4) is 67.3 Å². The molecule has 0 unspecified atom stereocenters. The van der Waals surface area contributed by atoms with Crippen LogP contribution >= 0.6 is 0 Å². The average molecular weight is 751 g/mol. The zero-order valence-corrected chi connectivity index (χ0v) is 32.3. The Kier molecular flexibility index (Phi) is 8.41. The van der Waals surface area contributed by atoms with E-state index in [0.717, 1.165) is 39.2 Å². The first-order chi connectivity index (χ1) is 29.3. The Labute approximate surface area is 344 Å². The highest BCUT2D eigenvalue weighted by Gasteiger charge is 2.48. The molecule has 1 aliphatic rings. The molecule has 0 atom stereocenters. The lowest BCUT2D eigenvalue weighted by Gasteiger charge is -2.35. The Morgan fingerprint density at radius 1 is 0.322 bits per heavy atom. The number of nitrogens with zero attached hydrogens (tertiary/aromatic N) is 2. The summed E-state index contributed by atoms with van der Waals surface area (Å²) in [7, 11) is 0. The van der Waals surface area contributed by atoms with Crippen molar-refractivity contribution in [2.75, 3.05) is 0 Å². The fourth-order valence-corrected chi connectivity index (χ4v) is 9.29. The highest BCUT2D eigenvalue weighted by Crippen LogP contribution is 2.60. The zero-order chi connectivity index (χ0) is 39.2. The van der Waals surface area contributed by atoms with Gasteiger partial charge in [0.15, 0.2) is 5.82 Å². The van der Waals surface area contributed by atoms with E-state index in [1.54, 1.807) is 0 Å². The number of fused-ring (bicyclic) bond motifs is 5. The Morgan fingerprint density at radius 3 is 1.36 bits per heavy atom. The first kappa shape index (κ1) is 34.6. The molecule has 1 aliphatic carbocycles. The largest absolute Gasteiger partial charge is 0.228 e. The monoisotopic (exact) mass is 750 g/mol. The Hall–Kier alpha value is -7.68. The average Bonchev–Trinajstić information content (AvgIpc) is 3.65. The van der Waals surface area contributed by atoms with Gasteiger partial charge in [0.2, 0.25) is 0 Å². The number of aromatic nitrogens is 2. The van der Waals surface area contributed by atoms with Gasteiger partial charge in [0.25, 0.3) is 0 Å². The van der Waals surface area contributed by atoms with Crippen molar-refractivity contribution in [2.24, 2.45) is 0 Å². The summed E-state index contributed by atoms with van der Waals surface area (Å²) in [6.07, 6.45) is 0. The minimum absolute atomic E-state index is 0.488. The summed E-state index contributed by atoms with van der Waals surface area (Å²) in [5.74, 6) is 0.708.